The molecule has 2 heterocycles. The summed E-state index contributed by atoms with van der Waals surface area (Å²) >= 11 is 7.11. The predicted molar refractivity (Wildman–Crippen MR) is 101 cm³/mol. The van der Waals surface area contributed by atoms with Crippen LogP contribution in [0, 0.1) is 0 Å². The fraction of sp³-hybridized carbons (Fsp3) is 0.167. The Labute approximate surface area is 166 Å². The molecular formula is C18H13ClF3N3O2S. The number of thiazole rings is 1. The third-order valence-corrected chi connectivity index (χ3v) is 4.87. The Kier molecular flexibility index (Phi) is 5.57. The van der Waals surface area contributed by atoms with Crippen LogP contribution < -0.4 is 10.5 Å². The first kappa shape index (κ1) is 20.1. The van der Waals surface area contributed by atoms with E-state index >= 15 is 0 Å². The summed E-state index contributed by atoms with van der Waals surface area (Å²) in [6.45, 7) is 1.21. The van der Waals surface area contributed by atoms with Gasteiger partial charge in [0.15, 0.2) is 5.13 Å². The molecule has 10 heteroatoms. The summed E-state index contributed by atoms with van der Waals surface area (Å²) in [5.74, 6) is -0.306. The first-order valence-corrected chi connectivity index (χ1v) is 9.19. The smallest absolute Gasteiger partial charge is 0.309 e. The molecule has 0 fully saturated rings. The molecule has 0 saturated heterocycles. The van der Waals surface area contributed by atoms with Gasteiger partial charge in [0.25, 0.3) is 5.56 Å². The summed E-state index contributed by atoms with van der Waals surface area (Å²) in [6.07, 6.45) is -3.80. The zero-order chi connectivity index (χ0) is 20.5. The summed E-state index contributed by atoms with van der Waals surface area (Å²) in [6, 6.07) is 8.24. The molecule has 0 aliphatic rings. The zero-order valence-corrected chi connectivity index (χ0v) is 16.0. The molecule has 0 unspecified atom stereocenters. The highest BCUT2D eigenvalue weighted by Crippen LogP contribution is 2.31. The number of nitrogens with zero attached hydrogens (tertiary/aromatic N) is 3. The van der Waals surface area contributed by atoms with E-state index in [0.29, 0.717) is 21.5 Å². The number of hydrogen-bond acceptors (Lipinski definition) is 4. The van der Waals surface area contributed by atoms with Crippen LogP contribution in [0.15, 0.2) is 52.8 Å². The lowest BCUT2D eigenvalue weighted by Crippen LogP contribution is -2.23. The number of pyridine rings is 1. The van der Waals surface area contributed by atoms with Crippen LogP contribution >= 0.6 is 22.9 Å². The van der Waals surface area contributed by atoms with Gasteiger partial charge in [-0.2, -0.15) is 13.2 Å². The molecule has 2 aromatic heterocycles. The molecule has 1 amide bonds. The van der Waals surface area contributed by atoms with E-state index < -0.39 is 17.3 Å². The predicted octanol–water partition coefficient (Wildman–Crippen LogP) is 4.71. The van der Waals surface area contributed by atoms with E-state index in [0.717, 1.165) is 34.2 Å². The quantitative estimate of drug-likeness (QED) is 0.606. The molecule has 0 radical (unpaired) electrons. The van der Waals surface area contributed by atoms with Crippen molar-refractivity contribution in [2.24, 2.45) is 0 Å². The van der Waals surface area contributed by atoms with E-state index in [4.69, 9.17) is 11.6 Å². The molecule has 146 valence electrons. The number of carbonyl (C=O) groups excluding carboxylic acids is 1. The third kappa shape index (κ3) is 4.42. The number of aromatic nitrogens is 2. The van der Waals surface area contributed by atoms with Crippen LogP contribution in [0.1, 0.15) is 18.2 Å². The van der Waals surface area contributed by atoms with Gasteiger partial charge in [0, 0.05) is 29.6 Å². The van der Waals surface area contributed by atoms with Crippen molar-refractivity contribution in [1.29, 1.82) is 0 Å². The van der Waals surface area contributed by atoms with E-state index in [1.807, 2.05) is 0 Å². The molecule has 28 heavy (non-hydrogen) atoms. The van der Waals surface area contributed by atoms with Gasteiger partial charge in [-0.25, -0.2) is 4.98 Å². The molecule has 0 N–H and O–H groups in total. The van der Waals surface area contributed by atoms with E-state index in [1.54, 1.807) is 29.6 Å². The van der Waals surface area contributed by atoms with Gasteiger partial charge in [-0.1, -0.05) is 17.7 Å². The van der Waals surface area contributed by atoms with Crippen LogP contribution in [0.5, 0.6) is 0 Å². The largest absolute Gasteiger partial charge is 0.417 e. The molecule has 0 bridgehead atoms. The van der Waals surface area contributed by atoms with Gasteiger partial charge in [0.1, 0.15) is 0 Å². The Bertz CT molecular complexity index is 1080. The maximum absolute atomic E-state index is 12.9. The van der Waals surface area contributed by atoms with Gasteiger partial charge >= 0.3 is 6.18 Å². The maximum Gasteiger partial charge on any atom is 0.417 e. The summed E-state index contributed by atoms with van der Waals surface area (Å²) in [4.78, 5) is 29.7. The van der Waals surface area contributed by atoms with Crippen LogP contribution in [0.3, 0.4) is 0 Å². The van der Waals surface area contributed by atoms with Crippen LogP contribution in [0.4, 0.5) is 24.0 Å². The Morgan fingerprint density at radius 1 is 1.29 bits per heavy atom. The van der Waals surface area contributed by atoms with Gasteiger partial charge in [-0.3, -0.25) is 14.5 Å². The van der Waals surface area contributed by atoms with E-state index in [-0.39, 0.29) is 12.5 Å². The summed E-state index contributed by atoms with van der Waals surface area (Å²) in [5, 5.41) is 2.35. The van der Waals surface area contributed by atoms with E-state index in [1.165, 1.54) is 11.8 Å². The lowest BCUT2D eigenvalue weighted by Gasteiger charge is -2.18. The number of benzene rings is 1. The minimum absolute atomic E-state index is 0.152. The first-order valence-electron chi connectivity index (χ1n) is 7.93. The number of alkyl halides is 3. The van der Waals surface area contributed by atoms with Gasteiger partial charge in [-0.05, 0) is 24.3 Å². The number of halogens is 4. The minimum Gasteiger partial charge on any atom is -0.309 e. The second-order valence-corrected chi connectivity index (χ2v) is 7.11. The fourth-order valence-corrected chi connectivity index (χ4v) is 3.57. The molecule has 0 aliphatic heterocycles. The van der Waals surface area contributed by atoms with Crippen molar-refractivity contribution in [2.45, 2.75) is 19.6 Å². The molecule has 5 nitrogen and oxygen atoms in total. The number of anilines is 2. The van der Waals surface area contributed by atoms with Crippen molar-refractivity contribution in [3.8, 4) is 0 Å². The van der Waals surface area contributed by atoms with Crippen molar-refractivity contribution >= 4 is 39.7 Å². The Hall–Kier alpha value is -2.65. The molecule has 0 spiro atoms. The van der Waals surface area contributed by atoms with Crippen molar-refractivity contribution in [3.63, 3.8) is 0 Å². The number of hydrogen-bond donors (Lipinski definition) is 0. The molecule has 3 aromatic rings. The minimum atomic E-state index is -4.55. The Morgan fingerprint density at radius 2 is 2.04 bits per heavy atom. The number of rotatable bonds is 4. The van der Waals surface area contributed by atoms with Crippen molar-refractivity contribution in [2.75, 3.05) is 4.90 Å². The summed E-state index contributed by atoms with van der Waals surface area (Å²) in [5.41, 5.74) is -0.639. The normalized spacial score (nSPS) is 11.5. The zero-order valence-electron chi connectivity index (χ0n) is 14.4. The molecule has 0 atom stereocenters. The van der Waals surface area contributed by atoms with Crippen LogP contribution in [0.25, 0.3) is 0 Å². The summed E-state index contributed by atoms with van der Waals surface area (Å²) in [7, 11) is 0. The Balaban J connectivity index is 1.92. The van der Waals surface area contributed by atoms with Crippen LogP contribution in [0.2, 0.25) is 5.02 Å². The lowest BCUT2D eigenvalue weighted by atomic mass is 10.2. The molecule has 3 rings (SSSR count). The van der Waals surface area contributed by atoms with Crippen molar-refractivity contribution < 1.29 is 18.0 Å². The average molecular weight is 428 g/mol. The fourth-order valence-electron chi connectivity index (χ4n) is 2.51. The standard InChI is InChI=1S/C18H13ClF3N3O2S/c1-11(26)25(15-4-2-3-13(19)7-15)17-23-14(10-28-17)9-24-8-12(18(20,21)22)5-6-16(24)27/h2-8,10H,9H2,1H3. The number of amides is 1. The lowest BCUT2D eigenvalue weighted by molar-refractivity contribution is -0.138. The highest BCUT2D eigenvalue weighted by molar-refractivity contribution is 7.14. The molecule has 1 aromatic carbocycles. The van der Waals surface area contributed by atoms with E-state index in [9.17, 15) is 22.8 Å². The third-order valence-electron chi connectivity index (χ3n) is 3.76. The number of carbonyl (C=O) groups is 1. The maximum atomic E-state index is 12.9. The highest BCUT2D eigenvalue weighted by Gasteiger charge is 2.31. The highest BCUT2D eigenvalue weighted by atomic mass is 35.5. The van der Waals surface area contributed by atoms with Gasteiger partial charge in [0.2, 0.25) is 5.91 Å². The Morgan fingerprint density at radius 3 is 2.68 bits per heavy atom. The van der Waals surface area contributed by atoms with Crippen molar-refractivity contribution in [1.82, 2.24) is 9.55 Å². The topological polar surface area (TPSA) is 55.2 Å². The van der Waals surface area contributed by atoms with Gasteiger partial charge < -0.3 is 4.57 Å². The summed E-state index contributed by atoms with van der Waals surface area (Å²) < 4.78 is 39.6. The van der Waals surface area contributed by atoms with Gasteiger partial charge in [-0.15, -0.1) is 11.3 Å². The molecule has 0 saturated carbocycles. The average Bonchev–Trinajstić information content (AvgIpc) is 3.03. The molecular weight excluding hydrogens is 415 g/mol. The second-order valence-electron chi connectivity index (χ2n) is 5.84. The van der Waals surface area contributed by atoms with E-state index in [2.05, 4.69) is 4.98 Å². The van der Waals surface area contributed by atoms with Crippen molar-refractivity contribution in [3.05, 3.63) is 74.6 Å². The van der Waals surface area contributed by atoms with Crippen LogP contribution in [-0.4, -0.2) is 15.5 Å². The monoisotopic (exact) mass is 427 g/mol. The second kappa shape index (κ2) is 7.76. The SMILES string of the molecule is CC(=O)N(c1cccc(Cl)c1)c1nc(Cn2cc(C(F)(F)F)ccc2=O)cs1. The molecule has 0 aliphatic carbocycles. The van der Waals surface area contributed by atoms with Crippen LogP contribution in [-0.2, 0) is 17.5 Å². The van der Waals surface area contributed by atoms with Gasteiger partial charge in [0.05, 0.1) is 23.5 Å². The first-order chi connectivity index (χ1) is 13.1.